The Kier molecular flexibility index (Phi) is 3.89. The van der Waals surface area contributed by atoms with Gasteiger partial charge < -0.3 is 5.32 Å². The molecule has 3 heterocycles. The van der Waals surface area contributed by atoms with Crippen LogP contribution in [0.25, 0.3) is 17.0 Å². The van der Waals surface area contributed by atoms with Crippen LogP contribution in [0.5, 0.6) is 0 Å². The van der Waals surface area contributed by atoms with Gasteiger partial charge in [-0.2, -0.15) is 0 Å². The van der Waals surface area contributed by atoms with Crippen LogP contribution in [0.15, 0.2) is 61.1 Å². The Hall–Kier alpha value is -2.48. The fraction of sp³-hybridized carbons (Fsp3) is 0.0556. The molecular formula is C18H14IN5. The average molecular weight is 427 g/mol. The van der Waals surface area contributed by atoms with E-state index in [1.54, 1.807) is 12.4 Å². The molecule has 0 bridgehead atoms. The number of nitrogens with one attached hydrogen (secondary N) is 1. The van der Waals surface area contributed by atoms with Crippen molar-refractivity contribution in [1.82, 2.24) is 19.4 Å². The highest BCUT2D eigenvalue weighted by molar-refractivity contribution is 14.1. The van der Waals surface area contributed by atoms with Gasteiger partial charge in [-0.25, -0.2) is 9.97 Å². The summed E-state index contributed by atoms with van der Waals surface area (Å²) in [6.07, 6.45) is 5.48. The Balaban J connectivity index is 1.74. The number of nitrogens with zero attached hydrogens (tertiary/aromatic N) is 4. The van der Waals surface area contributed by atoms with Gasteiger partial charge in [0.05, 0.1) is 23.8 Å². The standard InChI is InChI=1S/C18H14IN5/c1-12-18(24-9-3-2-4-17(24)21-12)15-10-20-11-16(23-15)22-14-7-5-13(19)6-8-14/h2-11H,1H3,(H,22,23). The maximum Gasteiger partial charge on any atom is 0.149 e. The molecule has 4 rings (SSSR count). The van der Waals surface area contributed by atoms with Crippen LogP contribution < -0.4 is 5.32 Å². The molecule has 0 amide bonds. The lowest BCUT2D eigenvalue weighted by molar-refractivity contribution is 1.13. The number of halogens is 1. The van der Waals surface area contributed by atoms with Gasteiger partial charge in [0.1, 0.15) is 17.2 Å². The van der Waals surface area contributed by atoms with Crippen LogP contribution in [-0.2, 0) is 0 Å². The number of rotatable bonds is 3. The number of anilines is 2. The number of fused-ring (bicyclic) bond motifs is 1. The number of benzene rings is 1. The fourth-order valence-corrected chi connectivity index (χ4v) is 3.00. The molecule has 0 fully saturated rings. The number of pyridine rings is 1. The van der Waals surface area contributed by atoms with Gasteiger partial charge in [-0.15, -0.1) is 0 Å². The van der Waals surface area contributed by atoms with Gasteiger partial charge in [0.2, 0.25) is 0 Å². The molecule has 0 saturated heterocycles. The zero-order chi connectivity index (χ0) is 16.5. The van der Waals surface area contributed by atoms with Crippen molar-refractivity contribution in [2.24, 2.45) is 0 Å². The van der Waals surface area contributed by atoms with Gasteiger partial charge in [-0.3, -0.25) is 9.38 Å². The summed E-state index contributed by atoms with van der Waals surface area (Å²) < 4.78 is 3.23. The molecule has 0 unspecified atom stereocenters. The zero-order valence-electron chi connectivity index (χ0n) is 12.9. The van der Waals surface area contributed by atoms with E-state index in [9.17, 15) is 0 Å². The van der Waals surface area contributed by atoms with Crippen LogP contribution in [0.1, 0.15) is 5.69 Å². The molecule has 5 nitrogen and oxygen atoms in total. The molecule has 0 aliphatic rings. The third kappa shape index (κ3) is 2.84. The smallest absolute Gasteiger partial charge is 0.149 e. The second-order valence-electron chi connectivity index (χ2n) is 5.40. The predicted octanol–water partition coefficient (Wildman–Crippen LogP) is 4.45. The Labute approximate surface area is 152 Å². The third-order valence-electron chi connectivity index (χ3n) is 3.70. The molecule has 1 aromatic carbocycles. The minimum absolute atomic E-state index is 0.707. The highest BCUT2D eigenvalue weighted by atomic mass is 127. The van der Waals surface area contributed by atoms with E-state index < -0.39 is 0 Å². The van der Waals surface area contributed by atoms with Crippen molar-refractivity contribution in [2.75, 3.05) is 5.32 Å². The van der Waals surface area contributed by atoms with E-state index in [2.05, 4.69) is 50.0 Å². The lowest BCUT2D eigenvalue weighted by Crippen LogP contribution is -1.98. The quantitative estimate of drug-likeness (QED) is 0.491. The first-order chi connectivity index (χ1) is 11.7. The van der Waals surface area contributed by atoms with E-state index in [1.165, 1.54) is 3.57 Å². The van der Waals surface area contributed by atoms with Crippen LogP contribution in [0.2, 0.25) is 0 Å². The molecule has 24 heavy (non-hydrogen) atoms. The van der Waals surface area contributed by atoms with Crippen LogP contribution in [0.3, 0.4) is 0 Å². The SMILES string of the molecule is Cc1nc2ccccn2c1-c1cncc(Nc2ccc(I)cc2)n1. The molecule has 4 aromatic rings. The first kappa shape index (κ1) is 15.1. The van der Waals surface area contributed by atoms with Crippen LogP contribution in [0, 0.1) is 10.5 Å². The Morgan fingerprint density at radius 2 is 1.83 bits per heavy atom. The molecule has 0 aliphatic heterocycles. The van der Waals surface area contributed by atoms with Crippen molar-refractivity contribution in [3.63, 3.8) is 0 Å². The average Bonchev–Trinajstić information content (AvgIpc) is 2.93. The molecule has 0 spiro atoms. The molecular weight excluding hydrogens is 413 g/mol. The molecule has 0 radical (unpaired) electrons. The summed E-state index contributed by atoms with van der Waals surface area (Å²) in [6.45, 7) is 1.99. The van der Waals surface area contributed by atoms with Gasteiger partial charge in [-0.1, -0.05) is 6.07 Å². The second kappa shape index (κ2) is 6.20. The molecule has 6 heteroatoms. The van der Waals surface area contributed by atoms with Crippen LogP contribution >= 0.6 is 22.6 Å². The largest absolute Gasteiger partial charge is 0.339 e. The lowest BCUT2D eigenvalue weighted by Gasteiger charge is -2.08. The monoisotopic (exact) mass is 427 g/mol. The summed E-state index contributed by atoms with van der Waals surface area (Å²) in [5.41, 5.74) is 4.58. The Morgan fingerprint density at radius 1 is 1.00 bits per heavy atom. The van der Waals surface area contributed by atoms with E-state index in [0.717, 1.165) is 28.4 Å². The first-order valence-electron chi connectivity index (χ1n) is 7.49. The minimum Gasteiger partial charge on any atom is -0.339 e. The normalized spacial score (nSPS) is 10.9. The van der Waals surface area contributed by atoms with Gasteiger partial charge in [0.15, 0.2) is 0 Å². The zero-order valence-corrected chi connectivity index (χ0v) is 15.1. The van der Waals surface area contributed by atoms with Crippen molar-refractivity contribution in [3.8, 4) is 11.4 Å². The van der Waals surface area contributed by atoms with Crippen molar-refractivity contribution in [1.29, 1.82) is 0 Å². The van der Waals surface area contributed by atoms with E-state index in [1.807, 2.05) is 47.9 Å². The lowest BCUT2D eigenvalue weighted by atomic mass is 10.2. The van der Waals surface area contributed by atoms with Gasteiger partial charge >= 0.3 is 0 Å². The summed E-state index contributed by atoms with van der Waals surface area (Å²) in [4.78, 5) is 13.6. The number of hydrogen-bond donors (Lipinski definition) is 1. The first-order valence-corrected chi connectivity index (χ1v) is 8.57. The predicted molar refractivity (Wildman–Crippen MR) is 103 cm³/mol. The molecule has 1 N–H and O–H groups in total. The topological polar surface area (TPSA) is 55.1 Å². The molecule has 118 valence electrons. The van der Waals surface area contributed by atoms with E-state index in [4.69, 9.17) is 4.98 Å². The summed E-state index contributed by atoms with van der Waals surface area (Å²) in [7, 11) is 0. The highest BCUT2D eigenvalue weighted by Crippen LogP contribution is 2.24. The number of aryl methyl sites for hydroxylation is 1. The number of aromatic nitrogens is 4. The highest BCUT2D eigenvalue weighted by Gasteiger charge is 2.12. The fourth-order valence-electron chi connectivity index (χ4n) is 2.64. The van der Waals surface area contributed by atoms with E-state index in [0.29, 0.717) is 5.82 Å². The van der Waals surface area contributed by atoms with Crippen molar-refractivity contribution in [2.45, 2.75) is 6.92 Å². The Bertz CT molecular complexity index is 1010. The van der Waals surface area contributed by atoms with Gasteiger partial charge in [0, 0.05) is 15.5 Å². The second-order valence-corrected chi connectivity index (χ2v) is 6.64. The van der Waals surface area contributed by atoms with Gasteiger partial charge in [0.25, 0.3) is 0 Å². The molecule has 0 atom stereocenters. The van der Waals surface area contributed by atoms with E-state index in [-0.39, 0.29) is 0 Å². The van der Waals surface area contributed by atoms with Gasteiger partial charge in [-0.05, 0) is 65.9 Å². The number of hydrogen-bond acceptors (Lipinski definition) is 4. The maximum absolute atomic E-state index is 4.71. The molecule has 3 aromatic heterocycles. The van der Waals surface area contributed by atoms with E-state index >= 15 is 0 Å². The van der Waals surface area contributed by atoms with Crippen molar-refractivity contribution < 1.29 is 0 Å². The summed E-state index contributed by atoms with van der Waals surface area (Å²) in [5.74, 6) is 0.707. The summed E-state index contributed by atoms with van der Waals surface area (Å²) in [6, 6.07) is 14.1. The van der Waals surface area contributed by atoms with Crippen molar-refractivity contribution >= 4 is 39.7 Å². The van der Waals surface area contributed by atoms with Crippen LogP contribution in [-0.4, -0.2) is 19.4 Å². The van der Waals surface area contributed by atoms with Crippen molar-refractivity contribution in [3.05, 3.63) is 70.3 Å². The summed E-state index contributed by atoms with van der Waals surface area (Å²) >= 11 is 2.29. The minimum atomic E-state index is 0.707. The summed E-state index contributed by atoms with van der Waals surface area (Å²) in [5, 5.41) is 3.29. The molecule has 0 saturated carbocycles. The van der Waals surface area contributed by atoms with Crippen LogP contribution in [0.4, 0.5) is 11.5 Å². The third-order valence-corrected chi connectivity index (χ3v) is 4.42. The Morgan fingerprint density at radius 3 is 2.67 bits per heavy atom. The number of imidazole rings is 1. The molecule has 0 aliphatic carbocycles. The maximum atomic E-state index is 4.71.